The SMILES string of the molecule is C[C@@H](CC(=O)N[C@H]1CCN(c2cnn(C)c2)C1)Cc1cccc(F)c1. The molecule has 1 aromatic heterocycles. The first-order chi connectivity index (χ1) is 12.0. The predicted molar refractivity (Wildman–Crippen MR) is 95.9 cm³/mol. The quantitative estimate of drug-likeness (QED) is 0.876. The summed E-state index contributed by atoms with van der Waals surface area (Å²) in [6.07, 6.45) is 5.95. The van der Waals surface area contributed by atoms with Crippen molar-refractivity contribution in [1.29, 1.82) is 0 Å². The first-order valence-electron chi connectivity index (χ1n) is 8.77. The second-order valence-corrected chi connectivity index (χ2v) is 7.01. The van der Waals surface area contributed by atoms with Gasteiger partial charge in [-0.05, 0) is 36.5 Å². The Bertz CT molecular complexity index is 730. The van der Waals surface area contributed by atoms with Crippen molar-refractivity contribution in [3.63, 3.8) is 0 Å². The van der Waals surface area contributed by atoms with Gasteiger partial charge in [0.1, 0.15) is 5.82 Å². The van der Waals surface area contributed by atoms with E-state index in [1.807, 2.05) is 32.4 Å². The van der Waals surface area contributed by atoms with Crippen LogP contribution in [0.15, 0.2) is 36.7 Å². The summed E-state index contributed by atoms with van der Waals surface area (Å²) in [5.74, 6) is 0.0233. The highest BCUT2D eigenvalue weighted by atomic mass is 19.1. The second kappa shape index (κ2) is 7.68. The van der Waals surface area contributed by atoms with Gasteiger partial charge in [-0.25, -0.2) is 4.39 Å². The summed E-state index contributed by atoms with van der Waals surface area (Å²) in [7, 11) is 1.90. The summed E-state index contributed by atoms with van der Waals surface area (Å²) in [6.45, 7) is 3.77. The molecule has 1 saturated heterocycles. The summed E-state index contributed by atoms with van der Waals surface area (Å²) in [6, 6.07) is 6.77. The average molecular weight is 344 g/mol. The Morgan fingerprint density at radius 2 is 2.32 bits per heavy atom. The van der Waals surface area contributed by atoms with Gasteiger partial charge in [0, 0.05) is 38.8 Å². The molecule has 5 nitrogen and oxygen atoms in total. The van der Waals surface area contributed by atoms with Crippen LogP contribution >= 0.6 is 0 Å². The molecule has 0 spiro atoms. The number of halogens is 1. The van der Waals surface area contributed by atoms with E-state index in [2.05, 4.69) is 15.3 Å². The first kappa shape index (κ1) is 17.5. The van der Waals surface area contributed by atoms with E-state index in [0.29, 0.717) is 12.8 Å². The highest BCUT2D eigenvalue weighted by Crippen LogP contribution is 2.20. The Kier molecular flexibility index (Phi) is 5.36. The average Bonchev–Trinajstić information content (AvgIpc) is 3.16. The Morgan fingerprint density at radius 3 is 3.04 bits per heavy atom. The number of amides is 1. The standard InChI is InChI=1S/C19H25FN4O/c1-14(8-15-4-3-5-16(20)10-15)9-19(25)22-17-6-7-24(12-17)18-11-21-23(2)13-18/h3-5,10-11,13-14,17H,6-9,12H2,1-2H3,(H,22,25)/t14-,17+/m1/s1. The molecule has 1 amide bonds. The molecule has 0 aliphatic carbocycles. The molecule has 1 aliphatic rings. The van der Waals surface area contributed by atoms with Gasteiger partial charge in [0.25, 0.3) is 0 Å². The van der Waals surface area contributed by atoms with Gasteiger partial charge in [0.15, 0.2) is 0 Å². The zero-order valence-electron chi connectivity index (χ0n) is 14.8. The number of carbonyl (C=O) groups is 1. The Hall–Kier alpha value is -2.37. The summed E-state index contributed by atoms with van der Waals surface area (Å²) in [4.78, 5) is 14.5. The van der Waals surface area contributed by atoms with E-state index in [0.717, 1.165) is 30.8 Å². The third-order valence-corrected chi connectivity index (χ3v) is 4.62. The van der Waals surface area contributed by atoms with Crippen molar-refractivity contribution in [1.82, 2.24) is 15.1 Å². The molecule has 6 heteroatoms. The highest BCUT2D eigenvalue weighted by molar-refractivity contribution is 5.76. The largest absolute Gasteiger partial charge is 0.367 e. The molecule has 1 aromatic carbocycles. The minimum absolute atomic E-state index is 0.0712. The molecule has 0 saturated carbocycles. The molecule has 134 valence electrons. The van der Waals surface area contributed by atoms with Crippen LogP contribution in [-0.4, -0.2) is 34.8 Å². The number of aromatic nitrogens is 2. The van der Waals surface area contributed by atoms with E-state index in [4.69, 9.17) is 0 Å². The Balaban J connectivity index is 1.45. The van der Waals surface area contributed by atoms with Crippen LogP contribution in [0.25, 0.3) is 0 Å². The van der Waals surface area contributed by atoms with Crippen LogP contribution in [0.2, 0.25) is 0 Å². The van der Waals surface area contributed by atoms with Gasteiger partial charge in [0.2, 0.25) is 5.91 Å². The maximum Gasteiger partial charge on any atom is 0.220 e. The lowest BCUT2D eigenvalue weighted by atomic mass is 9.97. The lowest BCUT2D eigenvalue weighted by molar-refractivity contribution is -0.122. The van der Waals surface area contributed by atoms with Crippen molar-refractivity contribution < 1.29 is 9.18 Å². The molecule has 2 aromatic rings. The van der Waals surface area contributed by atoms with Crippen LogP contribution in [0.3, 0.4) is 0 Å². The number of nitrogens with one attached hydrogen (secondary N) is 1. The number of benzene rings is 1. The van der Waals surface area contributed by atoms with E-state index < -0.39 is 0 Å². The summed E-state index contributed by atoms with van der Waals surface area (Å²) < 4.78 is 15.0. The number of hydrogen-bond donors (Lipinski definition) is 1. The molecule has 25 heavy (non-hydrogen) atoms. The van der Waals surface area contributed by atoms with Crippen molar-refractivity contribution >= 4 is 11.6 Å². The fourth-order valence-corrected chi connectivity index (χ4v) is 3.43. The second-order valence-electron chi connectivity index (χ2n) is 7.01. The first-order valence-corrected chi connectivity index (χ1v) is 8.77. The van der Waals surface area contributed by atoms with Gasteiger partial charge in [-0.3, -0.25) is 9.48 Å². The van der Waals surface area contributed by atoms with Crippen LogP contribution in [0, 0.1) is 11.7 Å². The molecule has 0 radical (unpaired) electrons. The number of nitrogens with zero attached hydrogens (tertiary/aromatic N) is 3. The minimum Gasteiger partial charge on any atom is -0.367 e. The number of rotatable bonds is 6. The molecule has 2 heterocycles. The molecule has 0 unspecified atom stereocenters. The third-order valence-electron chi connectivity index (χ3n) is 4.62. The molecule has 1 N–H and O–H groups in total. The summed E-state index contributed by atoms with van der Waals surface area (Å²) in [5.41, 5.74) is 2.03. The number of anilines is 1. The van der Waals surface area contributed by atoms with Crippen LogP contribution in [0.5, 0.6) is 0 Å². The number of hydrogen-bond acceptors (Lipinski definition) is 3. The third kappa shape index (κ3) is 4.81. The van der Waals surface area contributed by atoms with Crippen molar-refractivity contribution in [2.24, 2.45) is 13.0 Å². The van der Waals surface area contributed by atoms with Crippen molar-refractivity contribution in [2.75, 3.05) is 18.0 Å². The van der Waals surface area contributed by atoms with Crippen molar-refractivity contribution in [2.45, 2.75) is 32.2 Å². The van der Waals surface area contributed by atoms with Gasteiger partial charge in [-0.1, -0.05) is 19.1 Å². The van der Waals surface area contributed by atoms with Crippen LogP contribution in [0.1, 0.15) is 25.3 Å². The molecular weight excluding hydrogens is 319 g/mol. The lowest BCUT2D eigenvalue weighted by Crippen LogP contribution is -2.37. The molecule has 3 rings (SSSR count). The van der Waals surface area contributed by atoms with E-state index >= 15 is 0 Å². The van der Waals surface area contributed by atoms with E-state index in [1.54, 1.807) is 10.7 Å². The van der Waals surface area contributed by atoms with Gasteiger partial charge in [0.05, 0.1) is 11.9 Å². The summed E-state index contributed by atoms with van der Waals surface area (Å²) in [5, 5.41) is 7.33. The van der Waals surface area contributed by atoms with Crippen LogP contribution in [0.4, 0.5) is 10.1 Å². The molecule has 0 bridgehead atoms. The minimum atomic E-state index is -0.226. The zero-order valence-corrected chi connectivity index (χ0v) is 14.8. The topological polar surface area (TPSA) is 50.2 Å². The normalized spacial score (nSPS) is 18.4. The van der Waals surface area contributed by atoms with Gasteiger partial charge >= 0.3 is 0 Å². The van der Waals surface area contributed by atoms with Crippen LogP contribution in [-0.2, 0) is 18.3 Å². The molecule has 2 atom stereocenters. The zero-order chi connectivity index (χ0) is 17.8. The van der Waals surface area contributed by atoms with Crippen LogP contribution < -0.4 is 10.2 Å². The highest BCUT2D eigenvalue weighted by Gasteiger charge is 2.25. The Morgan fingerprint density at radius 1 is 1.48 bits per heavy atom. The van der Waals surface area contributed by atoms with Crippen molar-refractivity contribution in [3.05, 3.63) is 48.0 Å². The fraction of sp³-hybridized carbons (Fsp3) is 0.474. The fourth-order valence-electron chi connectivity index (χ4n) is 3.43. The number of aryl methyl sites for hydroxylation is 1. The molecule has 1 fully saturated rings. The maximum atomic E-state index is 13.2. The maximum absolute atomic E-state index is 13.2. The number of carbonyl (C=O) groups excluding carboxylic acids is 1. The summed E-state index contributed by atoms with van der Waals surface area (Å²) >= 11 is 0. The van der Waals surface area contributed by atoms with E-state index in [9.17, 15) is 9.18 Å². The van der Waals surface area contributed by atoms with Gasteiger partial charge < -0.3 is 10.2 Å². The van der Waals surface area contributed by atoms with E-state index in [1.165, 1.54) is 12.1 Å². The van der Waals surface area contributed by atoms with E-state index in [-0.39, 0.29) is 23.7 Å². The molecular formula is C19H25FN4O. The smallest absolute Gasteiger partial charge is 0.220 e. The Labute approximate surface area is 147 Å². The van der Waals surface area contributed by atoms with Gasteiger partial charge in [-0.2, -0.15) is 5.10 Å². The molecule has 1 aliphatic heterocycles. The van der Waals surface area contributed by atoms with Gasteiger partial charge in [-0.15, -0.1) is 0 Å². The van der Waals surface area contributed by atoms with Crippen molar-refractivity contribution in [3.8, 4) is 0 Å². The lowest BCUT2D eigenvalue weighted by Gasteiger charge is -2.18. The monoisotopic (exact) mass is 344 g/mol. The predicted octanol–water partition coefficient (Wildman–Crippen LogP) is 2.52.